The summed E-state index contributed by atoms with van der Waals surface area (Å²) in [5.41, 5.74) is 1.16. The average Bonchev–Trinajstić information content (AvgIpc) is 2.07. The summed E-state index contributed by atoms with van der Waals surface area (Å²) in [6, 6.07) is 4.69. The van der Waals surface area contributed by atoms with Crippen LogP contribution in [-0.4, -0.2) is 6.29 Å². The first-order valence-corrected chi connectivity index (χ1v) is 4.37. The van der Waals surface area contributed by atoms with Gasteiger partial charge in [-0.3, -0.25) is 4.79 Å². The van der Waals surface area contributed by atoms with Gasteiger partial charge < -0.3 is 0 Å². The maximum Gasteiger partial charge on any atom is 0.153 e. The van der Waals surface area contributed by atoms with Gasteiger partial charge in [0.1, 0.15) is 5.82 Å². The fourth-order valence-electron chi connectivity index (χ4n) is 1.28. The summed E-state index contributed by atoms with van der Waals surface area (Å²) in [5.74, 6) is 0.0764. The van der Waals surface area contributed by atoms with Crippen LogP contribution in [0, 0.1) is 11.7 Å². The largest absolute Gasteiger partial charge is 0.298 e. The number of hydrogen-bond donors (Lipinski definition) is 0. The van der Waals surface area contributed by atoms with Gasteiger partial charge in [0, 0.05) is 0 Å². The first-order valence-electron chi connectivity index (χ1n) is 4.37. The SMILES string of the molecule is CC(C)Cc1ccc(F)c(C=O)c1. The summed E-state index contributed by atoms with van der Waals surface area (Å²) in [4.78, 5) is 10.4. The summed E-state index contributed by atoms with van der Waals surface area (Å²) < 4.78 is 12.9. The molecular formula is C11H13FO. The molecule has 0 saturated carbocycles. The molecule has 0 heterocycles. The third-order valence-corrected chi connectivity index (χ3v) is 1.83. The highest BCUT2D eigenvalue weighted by Crippen LogP contribution is 2.12. The third-order valence-electron chi connectivity index (χ3n) is 1.83. The number of hydrogen-bond acceptors (Lipinski definition) is 1. The van der Waals surface area contributed by atoms with E-state index in [1.807, 2.05) is 0 Å². The Kier molecular flexibility index (Phi) is 3.18. The second-order valence-electron chi connectivity index (χ2n) is 3.57. The monoisotopic (exact) mass is 180 g/mol. The molecule has 0 amide bonds. The summed E-state index contributed by atoms with van der Waals surface area (Å²) >= 11 is 0. The van der Waals surface area contributed by atoms with Gasteiger partial charge in [-0.15, -0.1) is 0 Å². The Bertz CT molecular complexity index is 305. The van der Waals surface area contributed by atoms with Gasteiger partial charge in [-0.25, -0.2) is 4.39 Å². The van der Waals surface area contributed by atoms with Crippen molar-refractivity contribution in [1.82, 2.24) is 0 Å². The van der Waals surface area contributed by atoms with Crippen molar-refractivity contribution >= 4 is 6.29 Å². The minimum absolute atomic E-state index is 0.151. The molecule has 1 aromatic rings. The van der Waals surface area contributed by atoms with Crippen LogP contribution in [-0.2, 0) is 6.42 Å². The highest BCUT2D eigenvalue weighted by Gasteiger charge is 2.03. The number of aldehydes is 1. The lowest BCUT2D eigenvalue weighted by molar-refractivity contribution is 0.111. The van der Waals surface area contributed by atoms with E-state index in [0.29, 0.717) is 12.2 Å². The fraction of sp³-hybridized carbons (Fsp3) is 0.364. The molecule has 1 aromatic carbocycles. The molecule has 2 heteroatoms. The van der Waals surface area contributed by atoms with Crippen molar-refractivity contribution in [2.24, 2.45) is 5.92 Å². The predicted molar refractivity (Wildman–Crippen MR) is 50.3 cm³/mol. The van der Waals surface area contributed by atoms with E-state index in [0.717, 1.165) is 12.0 Å². The average molecular weight is 180 g/mol. The molecule has 0 fully saturated rings. The second kappa shape index (κ2) is 4.17. The first-order chi connectivity index (χ1) is 6.13. The molecule has 13 heavy (non-hydrogen) atoms. The van der Waals surface area contributed by atoms with Crippen LogP contribution in [0.5, 0.6) is 0 Å². The van der Waals surface area contributed by atoms with Crippen molar-refractivity contribution in [3.05, 3.63) is 35.1 Å². The number of carbonyl (C=O) groups is 1. The normalized spacial score (nSPS) is 10.5. The van der Waals surface area contributed by atoms with Crippen molar-refractivity contribution in [2.45, 2.75) is 20.3 Å². The van der Waals surface area contributed by atoms with Crippen LogP contribution < -0.4 is 0 Å². The van der Waals surface area contributed by atoms with Gasteiger partial charge in [-0.1, -0.05) is 19.9 Å². The fourth-order valence-corrected chi connectivity index (χ4v) is 1.28. The molecule has 0 saturated heterocycles. The van der Waals surface area contributed by atoms with Crippen molar-refractivity contribution in [1.29, 1.82) is 0 Å². The lowest BCUT2D eigenvalue weighted by atomic mass is 10.0. The van der Waals surface area contributed by atoms with Crippen molar-refractivity contribution in [3.8, 4) is 0 Å². The molecule has 0 spiro atoms. The summed E-state index contributed by atoms with van der Waals surface area (Å²) in [5, 5.41) is 0. The molecule has 0 aliphatic heterocycles. The van der Waals surface area contributed by atoms with Gasteiger partial charge in [0.25, 0.3) is 0 Å². The molecule has 1 rings (SSSR count). The minimum atomic E-state index is -0.442. The highest BCUT2D eigenvalue weighted by molar-refractivity contribution is 5.75. The molecular weight excluding hydrogens is 167 g/mol. The van der Waals surface area contributed by atoms with E-state index in [9.17, 15) is 9.18 Å². The summed E-state index contributed by atoms with van der Waals surface area (Å²) in [6.07, 6.45) is 1.43. The number of carbonyl (C=O) groups excluding carboxylic acids is 1. The zero-order valence-electron chi connectivity index (χ0n) is 7.88. The molecule has 0 bridgehead atoms. The Labute approximate surface area is 77.6 Å². The van der Waals surface area contributed by atoms with Gasteiger partial charge in [-0.05, 0) is 30.0 Å². The lowest BCUT2D eigenvalue weighted by Gasteiger charge is -2.05. The zero-order chi connectivity index (χ0) is 9.84. The van der Waals surface area contributed by atoms with E-state index in [-0.39, 0.29) is 5.56 Å². The molecule has 0 aliphatic rings. The zero-order valence-corrected chi connectivity index (χ0v) is 7.88. The smallest absolute Gasteiger partial charge is 0.153 e. The van der Waals surface area contributed by atoms with Crippen LogP contribution in [0.4, 0.5) is 4.39 Å². The van der Waals surface area contributed by atoms with E-state index in [4.69, 9.17) is 0 Å². The van der Waals surface area contributed by atoms with Gasteiger partial charge in [0.15, 0.2) is 6.29 Å². The number of benzene rings is 1. The van der Waals surface area contributed by atoms with E-state index >= 15 is 0 Å². The molecule has 0 unspecified atom stereocenters. The van der Waals surface area contributed by atoms with Gasteiger partial charge in [0.05, 0.1) is 5.56 Å². The molecule has 0 aromatic heterocycles. The summed E-state index contributed by atoms with van der Waals surface area (Å²) in [7, 11) is 0. The molecule has 1 nitrogen and oxygen atoms in total. The quantitative estimate of drug-likeness (QED) is 0.654. The minimum Gasteiger partial charge on any atom is -0.298 e. The summed E-state index contributed by atoms with van der Waals surface area (Å²) in [6.45, 7) is 4.17. The Morgan fingerprint density at radius 2 is 2.15 bits per heavy atom. The van der Waals surface area contributed by atoms with Crippen molar-refractivity contribution < 1.29 is 9.18 Å². The van der Waals surface area contributed by atoms with Crippen molar-refractivity contribution in [2.75, 3.05) is 0 Å². The van der Waals surface area contributed by atoms with Crippen LogP contribution in [0.3, 0.4) is 0 Å². The number of rotatable bonds is 3. The number of halogens is 1. The van der Waals surface area contributed by atoms with Crippen LogP contribution in [0.2, 0.25) is 0 Å². The first kappa shape index (κ1) is 9.90. The van der Waals surface area contributed by atoms with Gasteiger partial charge >= 0.3 is 0 Å². The Hall–Kier alpha value is -1.18. The maximum atomic E-state index is 12.9. The Balaban J connectivity index is 2.92. The van der Waals surface area contributed by atoms with E-state index in [1.54, 1.807) is 12.1 Å². The highest BCUT2D eigenvalue weighted by atomic mass is 19.1. The van der Waals surface area contributed by atoms with Crippen LogP contribution in [0.1, 0.15) is 29.8 Å². The van der Waals surface area contributed by atoms with Gasteiger partial charge in [0.2, 0.25) is 0 Å². The van der Waals surface area contributed by atoms with Crippen LogP contribution in [0.25, 0.3) is 0 Å². The molecule has 0 aliphatic carbocycles. The van der Waals surface area contributed by atoms with E-state index in [2.05, 4.69) is 13.8 Å². The Morgan fingerprint density at radius 3 is 2.69 bits per heavy atom. The Morgan fingerprint density at radius 1 is 1.46 bits per heavy atom. The van der Waals surface area contributed by atoms with Crippen molar-refractivity contribution in [3.63, 3.8) is 0 Å². The van der Waals surface area contributed by atoms with E-state index < -0.39 is 5.82 Å². The van der Waals surface area contributed by atoms with Gasteiger partial charge in [-0.2, -0.15) is 0 Å². The van der Waals surface area contributed by atoms with E-state index in [1.165, 1.54) is 6.07 Å². The third kappa shape index (κ3) is 2.65. The molecule has 0 N–H and O–H groups in total. The van der Waals surface area contributed by atoms with Crippen LogP contribution in [0.15, 0.2) is 18.2 Å². The molecule has 0 atom stereocenters. The molecule has 0 radical (unpaired) electrons. The van der Waals surface area contributed by atoms with Crippen LogP contribution >= 0.6 is 0 Å². The topological polar surface area (TPSA) is 17.1 Å². The maximum absolute atomic E-state index is 12.9. The lowest BCUT2D eigenvalue weighted by Crippen LogP contribution is -1.96. The predicted octanol–water partition coefficient (Wildman–Crippen LogP) is 2.84. The second-order valence-corrected chi connectivity index (χ2v) is 3.57. The molecule has 70 valence electrons. The standard InChI is InChI=1S/C11H13FO/c1-8(2)5-9-3-4-11(12)10(6-9)7-13/h3-4,6-8H,5H2,1-2H3.